The highest BCUT2D eigenvalue weighted by molar-refractivity contribution is 6.33. The Balaban J connectivity index is 3.11. The topological polar surface area (TPSA) is 59.4 Å². The maximum Gasteiger partial charge on any atom is 0.376 e. The van der Waals surface area contributed by atoms with Gasteiger partial charge in [-0.25, -0.2) is 9.78 Å². The monoisotopic (exact) mass is 221 g/mol. The fourth-order valence-corrected chi connectivity index (χ4v) is 1.01. The van der Waals surface area contributed by atoms with E-state index in [0.29, 0.717) is 5.69 Å². The predicted octanol–water partition coefficient (Wildman–Crippen LogP) is 1.54. The summed E-state index contributed by atoms with van der Waals surface area (Å²) in [5, 5.41) is 8.84. The van der Waals surface area contributed by atoms with Crippen molar-refractivity contribution >= 4 is 29.4 Å². The van der Waals surface area contributed by atoms with Gasteiger partial charge in [-0.1, -0.05) is 11.6 Å². The number of carbonyl (C=O) groups is 1. The smallest absolute Gasteiger partial charge is 0.376 e. The van der Waals surface area contributed by atoms with Gasteiger partial charge in [0, 0.05) is 0 Å². The van der Waals surface area contributed by atoms with E-state index in [0.717, 1.165) is 0 Å². The largest absolute Gasteiger partial charge is 0.390 e. The molecule has 0 saturated heterocycles. The van der Waals surface area contributed by atoms with Crippen LogP contribution in [0.25, 0.3) is 0 Å². The van der Waals surface area contributed by atoms with Crippen LogP contribution in [0.5, 0.6) is 0 Å². The van der Waals surface area contributed by atoms with E-state index < -0.39 is 5.97 Å². The molecule has 0 radical (unpaired) electrons. The van der Waals surface area contributed by atoms with Crippen LogP contribution in [-0.2, 0) is 10.9 Å². The van der Waals surface area contributed by atoms with Gasteiger partial charge in [-0.3, -0.25) is 0 Å². The van der Waals surface area contributed by atoms with Gasteiger partial charge < -0.3 is 9.40 Å². The quantitative estimate of drug-likeness (QED) is 0.824. The highest BCUT2D eigenvalue weighted by Gasteiger charge is 2.13. The fraction of sp³-hybridized carbons (Fsp3) is 0.143. The van der Waals surface area contributed by atoms with Crippen LogP contribution in [-0.4, -0.2) is 16.1 Å². The van der Waals surface area contributed by atoms with Crippen LogP contribution < -0.4 is 0 Å². The highest BCUT2D eigenvalue weighted by Crippen LogP contribution is 2.15. The molecule has 4 nitrogen and oxygen atoms in total. The van der Waals surface area contributed by atoms with Crippen molar-refractivity contribution in [3.63, 3.8) is 0 Å². The molecule has 0 saturated carbocycles. The Morgan fingerprint density at radius 1 is 1.62 bits per heavy atom. The molecule has 6 heteroatoms. The van der Waals surface area contributed by atoms with E-state index in [1.807, 2.05) is 0 Å². The van der Waals surface area contributed by atoms with Crippen molar-refractivity contribution in [1.82, 2.24) is 4.98 Å². The number of aromatic nitrogens is 1. The van der Waals surface area contributed by atoms with Crippen molar-refractivity contribution in [3.8, 4) is 0 Å². The second-order valence-corrected chi connectivity index (χ2v) is 2.72. The summed E-state index contributed by atoms with van der Waals surface area (Å²) in [5.41, 5.74) is 0.213. The molecule has 0 fully saturated rings. The first-order valence-electron chi connectivity index (χ1n) is 3.28. The van der Waals surface area contributed by atoms with Crippen molar-refractivity contribution < 1.29 is 14.2 Å². The zero-order valence-electron chi connectivity index (χ0n) is 6.33. The van der Waals surface area contributed by atoms with Gasteiger partial charge in [0.1, 0.15) is 11.9 Å². The van der Waals surface area contributed by atoms with Crippen molar-refractivity contribution in [1.29, 1.82) is 0 Å². The number of aliphatic hydroxyl groups excluding tert-OH is 1. The molecule has 1 aromatic heterocycles. The van der Waals surface area contributed by atoms with E-state index in [2.05, 4.69) is 9.27 Å². The second-order valence-electron chi connectivity index (χ2n) is 2.16. The number of aliphatic hydroxyl groups is 1. The normalized spacial score (nSPS) is 9.77. The minimum Gasteiger partial charge on any atom is -0.390 e. The third kappa shape index (κ3) is 2.30. The molecule has 0 amide bonds. The lowest BCUT2D eigenvalue weighted by molar-refractivity contribution is 0.0745. The van der Waals surface area contributed by atoms with Crippen LogP contribution in [0.15, 0.2) is 12.1 Å². The second kappa shape index (κ2) is 4.41. The minimum absolute atomic E-state index is 0.108. The molecule has 0 aliphatic rings. The van der Waals surface area contributed by atoms with Crippen molar-refractivity contribution in [2.75, 3.05) is 0 Å². The Labute approximate surface area is 84.2 Å². The molecule has 1 heterocycles. The van der Waals surface area contributed by atoms with Gasteiger partial charge in [0.15, 0.2) is 5.69 Å². The number of carbonyl (C=O) groups excluding carboxylic acids is 1. The minimum atomic E-state index is -0.845. The summed E-state index contributed by atoms with van der Waals surface area (Å²) >= 11 is 10.5. The van der Waals surface area contributed by atoms with Crippen LogP contribution in [0.1, 0.15) is 16.2 Å². The zero-order valence-corrected chi connectivity index (χ0v) is 7.84. The third-order valence-corrected chi connectivity index (χ3v) is 1.77. The first-order chi connectivity index (χ1) is 6.19. The van der Waals surface area contributed by atoms with Crippen molar-refractivity contribution in [2.24, 2.45) is 0 Å². The Hall–Kier alpha value is -0.840. The summed E-state index contributed by atoms with van der Waals surface area (Å²) in [6, 6.07) is 2.93. The van der Waals surface area contributed by atoms with Gasteiger partial charge in [0.25, 0.3) is 0 Å². The molecule has 0 unspecified atom stereocenters. The fourth-order valence-electron chi connectivity index (χ4n) is 0.750. The molecule has 0 aliphatic heterocycles. The van der Waals surface area contributed by atoms with Gasteiger partial charge >= 0.3 is 5.97 Å². The zero-order chi connectivity index (χ0) is 9.84. The summed E-state index contributed by atoms with van der Waals surface area (Å²) in [5.74, 6) is -0.845. The summed E-state index contributed by atoms with van der Waals surface area (Å²) in [6.45, 7) is -0.278. The lowest BCUT2D eigenvalue weighted by atomic mass is 10.3. The lowest BCUT2D eigenvalue weighted by Crippen LogP contribution is -2.05. The Kier molecular flexibility index (Phi) is 3.48. The molecule has 0 aromatic carbocycles. The Bertz CT molecular complexity index is 330. The molecule has 13 heavy (non-hydrogen) atoms. The van der Waals surface area contributed by atoms with E-state index in [1.165, 1.54) is 12.1 Å². The molecule has 0 atom stereocenters. The van der Waals surface area contributed by atoms with Crippen LogP contribution in [0, 0.1) is 0 Å². The molecule has 0 aliphatic carbocycles. The molecule has 0 spiro atoms. The lowest BCUT2D eigenvalue weighted by Gasteiger charge is -2.00. The van der Waals surface area contributed by atoms with E-state index in [4.69, 9.17) is 28.6 Å². The predicted molar refractivity (Wildman–Crippen MR) is 46.4 cm³/mol. The Morgan fingerprint density at radius 3 is 2.85 bits per heavy atom. The maximum atomic E-state index is 10.9. The van der Waals surface area contributed by atoms with Gasteiger partial charge in [-0.2, -0.15) is 0 Å². The van der Waals surface area contributed by atoms with E-state index in [-0.39, 0.29) is 17.3 Å². The molecule has 70 valence electrons. The van der Waals surface area contributed by atoms with Crippen LogP contribution in [0.2, 0.25) is 5.02 Å². The SMILES string of the molecule is O=C(OCl)c1nc(CO)ccc1Cl. The summed E-state index contributed by atoms with van der Waals surface area (Å²) in [7, 11) is 0. The number of hydrogen-bond acceptors (Lipinski definition) is 4. The van der Waals surface area contributed by atoms with E-state index in [1.54, 1.807) is 0 Å². The first-order valence-corrected chi connectivity index (χ1v) is 3.97. The number of hydrogen-bond donors (Lipinski definition) is 1. The van der Waals surface area contributed by atoms with Crippen molar-refractivity contribution in [3.05, 3.63) is 28.5 Å². The summed E-state index contributed by atoms with van der Waals surface area (Å²) < 4.78 is 3.92. The molecule has 1 rings (SSSR count). The van der Waals surface area contributed by atoms with E-state index >= 15 is 0 Å². The number of halogens is 2. The number of rotatable bonds is 2. The molecular weight excluding hydrogens is 217 g/mol. The van der Waals surface area contributed by atoms with E-state index in [9.17, 15) is 4.79 Å². The molecular formula is C7H5Cl2NO3. The van der Waals surface area contributed by atoms with Gasteiger partial charge in [0.05, 0.1) is 17.3 Å². The van der Waals surface area contributed by atoms with Gasteiger partial charge in [-0.05, 0) is 12.1 Å². The van der Waals surface area contributed by atoms with Crippen molar-refractivity contribution in [2.45, 2.75) is 6.61 Å². The average molecular weight is 222 g/mol. The molecule has 1 N–H and O–H groups in total. The number of nitrogens with zero attached hydrogens (tertiary/aromatic N) is 1. The van der Waals surface area contributed by atoms with Gasteiger partial charge in [0.2, 0.25) is 0 Å². The standard InChI is InChI=1S/C7H5Cl2NO3/c8-5-2-1-4(3-11)10-6(5)7(12)13-9/h1-2,11H,3H2. The third-order valence-electron chi connectivity index (χ3n) is 1.33. The average Bonchev–Trinajstić information content (AvgIpc) is 2.17. The maximum absolute atomic E-state index is 10.9. The first kappa shape index (κ1) is 10.2. The highest BCUT2D eigenvalue weighted by atomic mass is 35.5. The van der Waals surface area contributed by atoms with Gasteiger partial charge in [-0.15, -0.1) is 0 Å². The van der Waals surface area contributed by atoms with Crippen LogP contribution >= 0.6 is 23.5 Å². The summed E-state index contributed by atoms with van der Waals surface area (Å²) in [6.07, 6.45) is 0. The molecule has 0 bridgehead atoms. The summed E-state index contributed by atoms with van der Waals surface area (Å²) in [4.78, 5) is 14.6. The van der Waals surface area contributed by atoms with Crippen LogP contribution in [0.3, 0.4) is 0 Å². The Morgan fingerprint density at radius 2 is 2.31 bits per heavy atom. The van der Waals surface area contributed by atoms with Crippen LogP contribution in [0.4, 0.5) is 0 Å². The molecule has 1 aromatic rings. The number of pyridine rings is 1.